The molecular weight excluding hydrogens is 474 g/mol. The van der Waals surface area contributed by atoms with Crippen molar-refractivity contribution in [1.82, 2.24) is 14.5 Å². The summed E-state index contributed by atoms with van der Waals surface area (Å²) in [4.78, 5) is 33.1. The molecule has 4 aromatic rings. The number of hydrogen-bond acceptors (Lipinski definition) is 7. The van der Waals surface area contributed by atoms with Crippen LogP contribution in [0, 0.1) is 19.8 Å². The number of fused-ring (bicyclic) bond motifs is 1. The van der Waals surface area contributed by atoms with Gasteiger partial charge >= 0.3 is 0 Å². The van der Waals surface area contributed by atoms with Crippen molar-refractivity contribution < 1.29 is 13.2 Å². The predicted octanol–water partition coefficient (Wildman–Crippen LogP) is 3.06. The molecule has 4 rings (SSSR count). The van der Waals surface area contributed by atoms with Gasteiger partial charge in [-0.1, -0.05) is 13.0 Å². The van der Waals surface area contributed by atoms with Gasteiger partial charge in [0.15, 0.2) is 0 Å². The summed E-state index contributed by atoms with van der Waals surface area (Å²) in [7, 11) is -3.76. The smallest absolute Gasteiger partial charge is 0.271 e. The topological polar surface area (TPSA) is 137 Å². The van der Waals surface area contributed by atoms with E-state index in [0.29, 0.717) is 39.0 Å². The van der Waals surface area contributed by atoms with Crippen LogP contribution in [0.2, 0.25) is 0 Å². The standard InChI is InChI=1S/C23H23N5O4S2/c1-13-6-7-33-23(13)34(31,32)27-20-9-17(10-25-15(20)3)16-4-5-19-18(8-16)22(30)28(12-26-19)11-14(2)21(24)29/h4-10,12,14,27H,11H2,1-3H3,(H2,24,29)/t14-/m1/s1. The SMILES string of the molecule is Cc1ccsc1S(=O)(=O)Nc1cc(-c2ccc3ncn(C[C@@H](C)C(N)=O)c(=O)c3c2)cnc1C. The summed E-state index contributed by atoms with van der Waals surface area (Å²) < 4.78 is 30.0. The molecule has 3 heterocycles. The third kappa shape index (κ3) is 4.57. The molecule has 0 spiro atoms. The fourth-order valence-corrected chi connectivity index (χ4v) is 6.00. The second-order valence-electron chi connectivity index (χ2n) is 8.09. The van der Waals surface area contributed by atoms with E-state index in [1.807, 2.05) is 0 Å². The van der Waals surface area contributed by atoms with Gasteiger partial charge in [-0.25, -0.2) is 13.4 Å². The first-order valence-electron chi connectivity index (χ1n) is 10.4. The molecule has 1 atom stereocenters. The largest absolute Gasteiger partial charge is 0.369 e. The molecule has 3 N–H and O–H groups in total. The number of sulfonamides is 1. The fourth-order valence-electron chi connectivity index (χ4n) is 3.47. The highest BCUT2D eigenvalue weighted by Gasteiger charge is 2.20. The van der Waals surface area contributed by atoms with Crippen molar-refractivity contribution in [2.24, 2.45) is 11.7 Å². The minimum absolute atomic E-state index is 0.126. The number of amides is 1. The first kappa shape index (κ1) is 23.6. The number of hydrogen-bond donors (Lipinski definition) is 2. The minimum atomic E-state index is -3.76. The van der Waals surface area contributed by atoms with Crippen molar-refractivity contribution >= 4 is 43.9 Å². The Balaban J connectivity index is 1.73. The van der Waals surface area contributed by atoms with Gasteiger partial charge in [-0.15, -0.1) is 11.3 Å². The van der Waals surface area contributed by atoms with E-state index in [1.54, 1.807) is 62.7 Å². The molecule has 0 radical (unpaired) electrons. The van der Waals surface area contributed by atoms with Gasteiger partial charge in [0.05, 0.1) is 34.5 Å². The van der Waals surface area contributed by atoms with Crippen LogP contribution in [-0.4, -0.2) is 28.9 Å². The normalized spacial score (nSPS) is 12.6. The van der Waals surface area contributed by atoms with Gasteiger partial charge in [0.1, 0.15) is 4.21 Å². The van der Waals surface area contributed by atoms with Crippen LogP contribution < -0.4 is 16.0 Å². The summed E-state index contributed by atoms with van der Waals surface area (Å²) in [5.41, 5.74) is 8.38. The number of primary amides is 1. The molecule has 0 bridgehead atoms. The van der Waals surface area contributed by atoms with E-state index in [2.05, 4.69) is 14.7 Å². The van der Waals surface area contributed by atoms with Crippen LogP contribution in [0.3, 0.4) is 0 Å². The molecule has 34 heavy (non-hydrogen) atoms. The van der Waals surface area contributed by atoms with E-state index in [1.165, 1.54) is 10.9 Å². The second-order valence-corrected chi connectivity index (χ2v) is 10.9. The molecule has 0 fully saturated rings. The molecule has 176 valence electrons. The summed E-state index contributed by atoms with van der Waals surface area (Å²) in [5.74, 6) is -1.02. The van der Waals surface area contributed by atoms with Crippen molar-refractivity contribution in [3.05, 3.63) is 69.8 Å². The summed E-state index contributed by atoms with van der Waals surface area (Å²) in [5, 5.41) is 2.10. The number of rotatable bonds is 7. The Kier molecular flexibility index (Phi) is 6.24. The van der Waals surface area contributed by atoms with Gasteiger partial charge in [-0.05, 0) is 54.6 Å². The highest BCUT2D eigenvalue weighted by atomic mass is 32.2. The molecule has 0 aliphatic rings. The maximum Gasteiger partial charge on any atom is 0.271 e. The second kappa shape index (κ2) is 8.99. The first-order chi connectivity index (χ1) is 16.1. The third-order valence-corrected chi connectivity index (χ3v) is 8.56. The molecule has 11 heteroatoms. The number of anilines is 1. The van der Waals surface area contributed by atoms with E-state index < -0.39 is 21.8 Å². The van der Waals surface area contributed by atoms with Gasteiger partial charge in [-0.2, -0.15) is 0 Å². The van der Waals surface area contributed by atoms with Crippen molar-refractivity contribution in [3.63, 3.8) is 0 Å². The summed E-state index contributed by atoms with van der Waals surface area (Å²) >= 11 is 1.15. The predicted molar refractivity (Wildman–Crippen MR) is 132 cm³/mol. The summed E-state index contributed by atoms with van der Waals surface area (Å²) in [6.07, 6.45) is 3.02. The van der Waals surface area contributed by atoms with E-state index in [-0.39, 0.29) is 16.3 Å². The number of nitrogens with zero attached hydrogens (tertiary/aromatic N) is 3. The quantitative estimate of drug-likeness (QED) is 0.403. The lowest BCUT2D eigenvalue weighted by atomic mass is 10.0. The van der Waals surface area contributed by atoms with Gasteiger partial charge in [0.2, 0.25) is 5.91 Å². The molecule has 1 amide bonds. The van der Waals surface area contributed by atoms with Gasteiger partial charge in [0.25, 0.3) is 15.6 Å². The molecule has 0 aliphatic carbocycles. The number of carbonyl (C=O) groups is 1. The number of benzene rings is 1. The highest BCUT2D eigenvalue weighted by Crippen LogP contribution is 2.29. The van der Waals surface area contributed by atoms with Crippen LogP contribution in [0.5, 0.6) is 0 Å². The lowest BCUT2D eigenvalue weighted by Crippen LogP contribution is -2.30. The average Bonchev–Trinajstić information content (AvgIpc) is 3.24. The van der Waals surface area contributed by atoms with Crippen molar-refractivity contribution in [2.75, 3.05) is 4.72 Å². The molecule has 0 saturated carbocycles. The van der Waals surface area contributed by atoms with Gasteiger partial charge in [-0.3, -0.25) is 23.9 Å². The fraction of sp³-hybridized carbons (Fsp3) is 0.217. The van der Waals surface area contributed by atoms with Gasteiger partial charge in [0, 0.05) is 18.3 Å². The minimum Gasteiger partial charge on any atom is -0.369 e. The number of carbonyl (C=O) groups excluding carboxylic acids is 1. The number of thiophene rings is 1. The molecule has 3 aromatic heterocycles. The van der Waals surface area contributed by atoms with Crippen molar-refractivity contribution in [3.8, 4) is 11.1 Å². The average molecular weight is 498 g/mol. The maximum atomic E-state index is 13.0. The van der Waals surface area contributed by atoms with E-state index >= 15 is 0 Å². The number of aromatic nitrogens is 3. The van der Waals surface area contributed by atoms with Crippen LogP contribution in [0.15, 0.2) is 57.2 Å². The lowest BCUT2D eigenvalue weighted by Gasteiger charge is -2.13. The Morgan fingerprint density at radius 2 is 1.94 bits per heavy atom. The Morgan fingerprint density at radius 1 is 1.18 bits per heavy atom. The Hall–Kier alpha value is -3.57. The monoisotopic (exact) mass is 497 g/mol. The van der Waals surface area contributed by atoms with Crippen LogP contribution in [-0.2, 0) is 21.4 Å². The molecule has 0 saturated heterocycles. The Labute approximate surface area is 200 Å². The molecule has 0 aliphatic heterocycles. The Morgan fingerprint density at radius 3 is 2.62 bits per heavy atom. The molecule has 0 unspecified atom stereocenters. The summed E-state index contributed by atoms with van der Waals surface area (Å²) in [6, 6.07) is 8.63. The lowest BCUT2D eigenvalue weighted by molar-refractivity contribution is -0.121. The zero-order chi connectivity index (χ0) is 24.6. The first-order valence-corrected chi connectivity index (χ1v) is 12.8. The Bertz CT molecular complexity index is 1570. The van der Waals surface area contributed by atoms with E-state index in [9.17, 15) is 18.0 Å². The maximum absolute atomic E-state index is 13.0. The molecular formula is C23H23N5O4S2. The third-order valence-electron chi connectivity index (χ3n) is 5.50. The molecule has 9 nitrogen and oxygen atoms in total. The zero-order valence-electron chi connectivity index (χ0n) is 18.8. The van der Waals surface area contributed by atoms with Crippen LogP contribution >= 0.6 is 11.3 Å². The number of nitrogens with one attached hydrogen (secondary N) is 1. The summed E-state index contributed by atoms with van der Waals surface area (Å²) in [6.45, 7) is 5.23. The zero-order valence-corrected chi connectivity index (χ0v) is 20.4. The van der Waals surface area contributed by atoms with Crippen molar-refractivity contribution in [1.29, 1.82) is 0 Å². The number of aryl methyl sites for hydroxylation is 2. The van der Waals surface area contributed by atoms with E-state index in [0.717, 1.165) is 11.3 Å². The van der Waals surface area contributed by atoms with Crippen LogP contribution in [0.4, 0.5) is 5.69 Å². The van der Waals surface area contributed by atoms with Crippen molar-refractivity contribution in [2.45, 2.75) is 31.5 Å². The van der Waals surface area contributed by atoms with E-state index in [4.69, 9.17) is 5.73 Å². The number of nitrogens with two attached hydrogens (primary N) is 1. The molecule has 1 aromatic carbocycles. The highest BCUT2D eigenvalue weighted by molar-refractivity contribution is 7.94. The number of pyridine rings is 1. The van der Waals surface area contributed by atoms with Crippen LogP contribution in [0.1, 0.15) is 18.2 Å². The van der Waals surface area contributed by atoms with Crippen LogP contribution in [0.25, 0.3) is 22.0 Å². The van der Waals surface area contributed by atoms with Gasteiger partial charge < -0.3 is 5.73 Å².